The molecule has 0 radical (unpaired) electrons. The van der Waals surface area contributed by atoms with E-state index in [1.165, 1.54) is 4.31 Å². The number of aryl methyl sites for hydroxylation is 2. The summed E-state index contributed by atoms with van der Waals surface area (Å²) < 4.78 is 51.5. The van der Waals surface area contributed by atoms with Crippen molar-refractivity contribution in [3.8, 4) is 0 Å². The summed E-state index contributed by atoms with van der Waals surface area (Å²) in [6.07, 6.45) is 2.73. The van der Waals surface area contributed by atoms with E-state index in [1.54, 1.807) is 13.8 Å². The molecule has 8 nitrogen and oxygen atoms in total. The lowest BCUT2D eigenvalue weighted by Gasteiger charge is -2.19. The number of aromatic amines is 1. The SMILES string of the molecule is CCCCN(CCNS(=O)(=O)c1c(C)n[nH]c1C)S(C)(=O)=O. The van der Waals surface area contributed by atoms with Gasteiger partial charge in [-0.3, -0.25) is 5.10 Å². The maximum atomic E-state index is 12.2. The van der Waals surface area contributed by atoms with Crippen LogP contribution in [0.2, 0.25) is 0 Å². The van der Waals surface area contributed by atoms with Gasteiger partial charge in [0.15, 0.2) is 0 Å². The number of H-pyrrole nitrogens is 1. The van der Waals surface area contributed by atoms with Crippen LogP contribution in [0.5, 0.6) is 0 Å². The predicted octanol–water partition coefficient (Wildman–Crippen LogP) is 0.367. The maximum absolute atomic E-state index is 12.2. The summed E-state index contributed by atoms with van der Waals surface area (Å²) in [5.41, 5.74) is 0.840. The minimum atomic E-state index is -3.71. The highest BCUT2D eigenvalue weighted by atomic mass is 32.2. The molecule has 1 rings (SSSR count). The van der Waals surface area contributed by atoms with E-state index in [0.717, 1.165) is 19.1 Å². The van der Waals surface area contributed by atoms with Gasteiger partial charge in [0.1, 0.15) is 4.90 Å². The normalized spacial score (nSPS) is 13.0. The molecule has 2 N–H and O–H groups in total. The first-order valence-electron chi connectivity index (χ1n) is 7.06. The summed E-state index contributed by atoms with van der Waals surface area (Å²) in [6, 6.07) is 0. The Morgan fingerprint density at radius 3 is 2.27 bits per heavy atom. The molecule has 1 aromatic rings. The standard InChI is InChI=1S/C12H24N4O4S2/c1-5-6-8-16(21(4,17)18)9-7-13-22(19,20)12-10(2)14-15-11(12)3/h13H,5-9H2,1-4H3,(H,14,15). The molecule has 1 heterocycles. The van der Waals surface area contributed by atoms with Crippen molar-refractivity contribution in [3.05, 3.63) is 11.4 Å². The van der Waals surface area contributed by atoms with Gasteiger partial charge >= 0.3 is 0 Å². The Labute approximate surface area is 132 Å². The van der Waals surface area contributed by atoms with E-state index >= 15 is 0 Å². The van der Waals surface area contributed by atoms with Crippen LogP contribution < -0.4 is 4.72 Å². The molecule has 0 spiro atoms. The number of nitrogens with zero attached hydrogens (tertiary/aromatic N) is 2. The molecule has 0 aliphatic carbocycles. The van der Waals surface area contributed by atoms with E-state index in [1.807, 2.05) is 6.92 Å². The van der Waals surface area contributed by atoms with Crippen molar-refractivity contribution in [2.75, 3.05) is 25.9 Å². The lowest BCUT2D eigenvalue weighted by atomic mass is 10.3. The van der Waals surface area contributed by atoms with Gasteiger partial charge < -0.3 is 0 Å². The molecule has 0 bridgehead atoms. The molecule has 0 saturated carbocycles. The minimum absolute atomic E-state index is 0.0170. The number of rotatable bonds is 9. The van der Waals surface area contributed by atoms with Crippen molar-refractivity contribution < 1.29 is 16.8 Å². The Morgan fingerprint density at radius 2 is 1.82 bits per heavy atom. The highest BCUT2D eigenvalue weighted by molar-refractivity contribution is 7.89. The number of aromatic nitrogens is 2. The molecule has 128 valence electrons. The highest BCUT2D eigenvalue weighted by Gasteiger charge is 2.23. The van der Waals surface area contributed by atoms with E-state index in [9.17, 15) is 16.8 Å². The summed E-state index contributed by atoms with van der Waals surface area (Å²) in [5.74, 6) is 0. The minimum Gasteiger partial charge on any atom is -0.281 e. The highest BCUT2D eigenvalue weighted by Crippen LogP contribution is 2.15. The Kier molecular flexibility index (Phi) is 6.53. The molecular weight excluding hydrogens is 328 g/mol. The zero-order valence-corrected chi connectivity index (χ0v) is 15.0. The first-order chi connectivity index (χ1) is 10.1. The van der Waals surface area contributed by atoms with Crippen LogP contribution in [0.25, 0.3) is 0 Å². The van der Waals surface area contributed by atoms with Gasteiger partial charge in [-0.2, -0.15) is 5.10 Å². The van der Waals surface area contributed by atoms with Crippen LogP contribution in [0.4, 0.5) is 0 Å². The van der Waals surface area contributed by atoms with Crippen molar-refractivity contribution in [2.24, 2.45) is 0 Å². The smallest absolute Gasteiger partial charge is 0.244 e. The lowest BCUT2D eigenvalue weighted by Crippen LogP contribution is -2.38. The van der Waals surface area contributed by atoms with Gasteiger partial charge in [-0.15, -0.1) is 0 Å². The van der Waals surface area contributed by atoms with Gasteiger partial charge in [0.25, 0.3) is 0 Å². The van der Waals surface area contributed by atoms with Crippen LogP contribution in [-0.2, 0) is 20.0 Å². The summed E-state index contributed by atoms with van der Waals surface area (Å²) in [6.45, 7) is 5.70. The van der Waals surface area contributed by atoms with Crippen molar-refractivity contribution in [2.45, 2.75) is 38.5 Å². The van der Waals surface area contributed by atoms with Crippen LogP contribution >= 0.6 is 0 Å². The fourth-order valence-corrected chi connectivity index (χ4v) is 4.36. The molecule has 0 amide bonds. The summed E-state index contributed by atoms with van der Waals surface area (Å²) in [4.78, 5) is 0.118. The zero-order valence-electron chi connectivity index (χ0n) is 13.4. The number of nitrogens with one attached hydrogen (secondary N) is 2. The Hall–Kier alpha value is -0.970. The number of sulfonamides is 2. The van der Waals surface area contributed by atoms with Gasteiger partial charge in [0, 0.05) is 19.6 Å². The van der Waals surface area contributed by atoms with Crippen LogP contribution in [-0.4, -0.2) is 57.2 Å². The Morgan fingerprint density at radius 1 is 1.18 bits per heavy atom. The fourth-order valence-electron chi connectivity index (χ4n) is 2.09. The van der Waals surface area contributed by atoms with Gasteiger partial charge in [-0.1, -0.05) is 13.3 Å². The monoisotopic (exact) mass is 352 g/mol. The van der Waals surface area contributed by atoms with Crippen molar-refractivity contribution in [1.29, 1.82) is 0 Å². The third kappa shape index (κ3) is 5.04. The van der Waals surface area contributed by atoms with Gasteiger partial charge in [-0.25, -0.2) is 25.9 Å². The lowest BCUT2D eigenvalue weighted by molar-refractivity contribution is 0.408. The molecule has 0 aliphatic rings. The van der Waals surface area contributed by atoms with E-state index in [-0.39, 0.29) is 18.0 Å². The van der Waals surface area contributed by atoms with E-state index < -0.39 is 20.0 Å². The first-order valence-corrected chi connectivity index (χ1v) is 10.4. The molecular formula is C12H24N4O4S2. The number of unbranched alkanes of at least 4 members (excludes halogenated alkanes) is 1. The molecule has 0 aromatic carbocycles. The van der Waals surface area contributed by atoms with Crippen LogP contribution in [0.15, 0.2) is 4.90 Å². The van der Waals surface area contributed by atoms with Gasteiger partial charge in [-0.05, 0) is 20.3 Å². The molecule has 22 heavy (non-hydrogen) atoms. The summed E-state index contributed by atoms with van der Waals surface area (Å²) >= 11 is 0. The second-order valence-electron chi connectivity index (χ2n) is 5.18. The summed E-state index contributed by atoms with van der Waals surface area (Å²) in [5, 5.41) is 6.47. The number of hydrogen-bond donors (Lipinski definition) is 2. The molecule has 10 heteroatoms. The largest absolute Gasteiger partial charge is 0.281 e. The quantitative estimate of drug-likeness (QED) is 0.667. The van der Waals surface area contributed by atoms with Crippen LogP contribution in [0.3, 0.4) is 0 Å². The number of hydrogen-bond acceptors (Lipinski definition) is 5. The first kappa shape index (κ1) is 19.1. The van der Waals surface area contributed by atoms with Crippen LogP contribution in [0.1, 0.15) is 31.2 Å². The zero-order chi connectivity index (χ0) is 17.0. The third-order valence-corrected chi connectivity index (χ3v) is 6.24. The van der Waals surface area contributed by atoms with Gasteiger partial charge in [0.05, 0.1) is 17.6 Å². The van der Waals surface area contributed by atoms with Gasteiger partial charge in [0.2, 0.25) is 20.0 Å². The molecule has 0 atom stereocenters. The van der Waals surface area contributed by atoms with Crippen LogP contribution in [0, 0.1) is 13.8 Å². The average Bonchev–Trinajstić information content (AvgIpc) is 2.72. The Bertz CT molecular complexity index is 675. The molecule has 0 unspecified atom stereocenters. The van der Waals surface area contributed by atoms with Crippen molar-refractivity contribution in [1.82, 2.24) is 19.2 Å². The molecule has 0 fully saturated rings. The molecule has 1 aromatic heterocycles. The van der Waals surface area contributed by atoms with Crippen molar-refractivity contribution >= 4 is 20.0 Å². The maximum Gasteiger partial charge on any atom is 0.244 e. The van der Waals surface area contributed by atoms with E-state index in [4.69, 9.17) is 0 Å². The molecule has 0 saturated heterocycles. The molecule has 0 aliphatic heterocycles. The second kappa shape index (κ2) is 7.53. The Balaban J connectivity index is 2.72. The topological polar surface area (TPSA) is 112 Å². The average molecular weight is 352 g/mol. The second-order valence-corrected chi connectivity index (χ2v) is 8.86. The fraction of sp³-hybridized carbons (Fsp3) is 0.750. The predicted molar refractivity (Wildman–Crippen MR) is 84.6 cm³/mol. The van der Waals surface area contributed by atoms with Crippen molar-refractivity contribution in [3.63, 3.8) is 0 Å². The van der Waals surface area contributed by atoms with E-state index in [0.29, 0.717) is 17.9 Å². The summed E-state index contributed by atoms with van der Waals surface area (Å²) in [7, 11) is -7.05. The van der Waals surface area contributed by atoms with E-state index in [2.05, 4.69) is 14.9 Å². The third-order valence-electron chi connectivity index (χ3n) is 3.21.